The van der Waals surface area contributed by atoms with Crippen LogP contribution in [0, 0.1) is 5.41 Å². The van der Waals surface area contributed by atoms with E-state index in [1.807, 2.05) is 75.4 Å². The Kier molecular flexibility index (Phi) is 9.86. The summed E-state index contributed by atoms with van der Waals surface area (Å²) in [4.78, 5) is 53.4. The van der Waals surface area contributed by atoms with Gasteiger partial charge in [0.15, 0.2) is 0 Å². The van der Waals surface area contributed by atoms with Gasteiger partial charge in [-0.2, -0.15) is 0 Å². The molecule has 9 nitrogen and oxygen atoms in total. The summed E-state index contributed by atoms with van der Waals surface area (Å²) in [5, 5.41) is 11.6. The predicted molar refractivity (Wildman–Crippen MR) is 151 cm³/mol. The lowest BCUT2D eigenvalue weighted by atomic mass is 9.85. The van der Waals surface area contributed by atoms with Crippen LogP contribution in [0.5, 0.6) is 0 Å². The van der Waals surface area contributed by atoms with Gasteiger partial charge in [0.1, 0.15) is 12.1 Å². The normalized spacial score (nSPS) is 18.7. The Labute approximate surface area is 231 Å². The Balaban J connectivity index is 1.83. The molecule has 0 radical (unpaired) electrons. The summed E-state index contributed by atoms with van der Waals surface area (Å²) in [6.07, 6.45) is 0.287. The lowest BCUT2D eigenvalue weighted by Crippen LogP contribution is -2.59. The molecule has 1 saturated heterocycles. The summed E-state index contributed by atoms with van der Waals surface area (Å²) >= 11 is 0. The summed E-state index contributed by atoms with van der Waals surface area (Å²) in [5.41, 5.74) is 2.41. The molecular formula is C30H41N5O4. The van der Waals surface area contributed by atoms with Crippen molar-refractivity contribution in [1.29, 1.82) is 0 Å². The topological polar surface area (TPSA) is 120 Å². The molecule has 1 aliphatic heterocycles. The number of amides is 4. The van der Waals surface area contributed by atoms with E-state index in [0.717, 1.165) is 16.7 Å². The van der Waals surface area contributed by atoms with E-state index in [9.17, 15) is 19.2 Å². The van der Waals surface area contributed by atoms with Gasteiger partial charge in [-0.05, 0) is 42.5 Å². The Morgan fingerprint density at radius 2 is 1.64 bits per heavy atom. The SMILES string of the molecule is CN[C@@H](C)C(=O)N[C@H](C(=O)N1C[C@@H](NC(C)=O)C[C@H]1C(=O)NCc1ccccc1-c1ccccc1)C(C)(C)C. The van der Waals surface area contributed by atoms with Crippen molar-refractivity contribution < 1.29 is 19.2 Å². The van der Waals surface area contributed by atoms with Crippen LogP contribution in [0.15, 0.2) is 54.6 Å². The van der Waals surface area contributed by atoms with Gasteiger partial charge in [-0.1, -0.05) is 75.4 Å². The summed E-state index contributed by atoms with van der Waals surface area (Å²) in [6, 6.07) is 15.3. The molecule has 210 valence electrons. The largest absolute Gasteiger partial charge is 0.352 e. The van der Waals surface area contributed by atoms with Crippen LogP contribution < -0.4 is 21.3 Å². The van der Waals surface area contributed by atoms with Crippen LogP contribution in [0.2, 0.25) is 0 Å². The molecule has 0 bridgehead atoms. The van der Waals surface area contributed by atoms with Crippen LogP contribution in [0.1, 0.15) is 46.6 Å². The quantitative estimate of drug-likeness (QED) is 0.393. The van der Waals surface area contributed by atoms with Gasteiger partial charge in [-0.15, -0.1) is 0 Å². The van der Waals surface area contributed by atoms with Gasteiger partial charge in [0.2, 0.25) is 23.6 Å². The van der Waals surface area contributed by atoms with E-state index in [1.165, 1.54) is 11.8 Å². The zero-order valence-corrected chi connectivity index (χ0v) is 23.7. The molecule has 0 unspecified atom stereocenters. The van der Waals surface area contributed by atoms with E-state index in [2.05, 4.69) is 21.3 Å². The minimum atomic E-state index is -0.856. The van der Waals surface area contributed by atoms with Gasteiger partial charge in [0.05, 0.1) is 6.04 Å². The zero-order valence-electron chi connectivity index (χ0n) is 23.7. The number of hydrogen-bond donors (Lipinski definition) is 4. The second-order valence-corrected chi connectivity index (χ2v) is 11.2. The van der Waals surface area contributed by atoms with Crippen LogP contribution >= 0.6 is 0 Å². The van der Waals surface area contributed by atoms with E-state index in [4.69, 9.17) is 0 Å². The van der Waals surface area contributed by atoms with E-state index in [0.29, 0.717) is 0 Å². The highest BCUT2D eigenvalue weighted by Gasteiger charge is 2.45. The lowest BCUT2D eigenvalue weighted by molar-refractivity contribution is -0.144. The van der Waals surface area contributed by atoms with Crippen molar-refractivity contribution in [1.82, 2.24) is 26.2 Å². The number of benzene rings is 2. The van der Waals surface area contributed by atoms with Crippen LogP contribution in [0.4, 0.5) is 0 Å². The first kappa shape index (κ1) is 29.8. The molecule has 3 rings (SSSR count). The minimum Gasteiger partial charge on any atom is -0.352 e. The third-order valence-corrected chi connectivity index (χ3v) is 7.08. The fraction of sp³-hybridized carbons (Fsp3) is 0.467. The van der Waals surface area contributed by atoms with Gasteiger partial charge in [0.25, 0.3) is 0 Å². The number of rotatable bonds is 9. The van der Waals surface area contributed by atoms with Gasteiger partial charge < -0.3 is 26.2 Å². The summed E-state index contributed by atoms with van der Waals surface area (Å²) in [6.45, 7) is 9.21. The van der Waals surface area contributed by atoms with Crippen LogP contribution in [-0.4, -0.2) is 66.3 Å². The standard InChI is InChI=1S/C30H41N5O4/c1-19(31-6)27(37)34-26(30(3,4)5)29(39)35-18-23(33-20(2)36)16-25(35)28(38)32-17-22-14-10-11-15-24(22)21-12-8-7-9-13-21/h7-15,19,23,25-26,31H,16-18H2,1-6H3,(H,32,38)(H,33,36)(H,34,37)/t19-,23-,25-,26+/m0/s1. The van der Waals surface area contributed by atoms with Crippen molar-refractivity contribution >= 4 is 23.6 Å². The molecule has 2 aromatic carbocycles. The van der Waals surface area contributed by atoms with E-state index in [1.54, 1.807) is 14.0 Å². The second kappa shape index (κ2) is 12.9. The van der Waals surface area contributed by atoms with E-state index < -0.39 is 23.5 Å². The summed E-state index contributed by atoms with van der Waals surface area (Å²) < 4.78 is 0. The number of likely N-dealkylation sites (N-methyl/N-ethyl adjacent to an activating group) is 1. The third-order valence-electron chi connectivity index (χ3n) is 7.08. The molecule has 0 spiro atoms. The first-order chi connectivity index (χ1) is 18.4. The zero-order chi connectivity index (χ0) is 28.7. The van der Waals surface area contributed by atoms with Crippen molar-refractivity contribution in [2.24, 2.45) is 5.41 Å². The number of hydrogen-bond acceptors (Lipinski definition) is 5. The number of nitrogens with one attached hydrogen (secondary N) is 4. The first-order valence-electron chi connectivity index (χ1n) is 13.4. The van der Waals surface area contributed by atoms with Crippen LogP contribution in [0.25, 0.3) is 11.1 Å². The fourth-order valence-corrected chi connectivity index (χ4v) is 4.81. The second-order valence-electron chi connectivity index (χ2n) is 11.2. The van der Waals surface area contributed by atoms with Gasteiger partial charge in [-0.3, -0.25) is 19.2 Å². The van der Waals surface area contributed by atoms with Crippen molar-refractivity contribution in [3.8, 4) is 11.1 Å². The first-order valence-corrected chi connectivity index (χ1v) is 13.4. The summed E-state index contributed by atoms with van der Waals surface area (Å²) in [5.74, 6) is -1.19. The molecule has 0 aliphatic carbocycles. The lowest BCUT2D eigenvalue weighted by Gasteiger charge is -2.36. The van der Waals surface area contributed by atoms with Crippen LogP contribution in [-0.2, 0) is 25.7 Å². The van der Waals surface area contributed by atoms with Gasteiger partial charge >= 0.3 is 0 Å². The molecule has 0 saturated carbocycles. The fourth-order valence-electron chi connectivity index (χ4n) is 4.81. The molecule has 0 aromatic heterocycles. The van der Waals surface area contributed by atoms with Crippen LogP contribution in [0.3, 0.4) is 0 Å². The third kappa shape index (κ3) is 7.66. The molecule has 1 fully saturated rings. The smallest absolute Gasteiger partial charge is 0.246 e. The maximum Gasteiger partial charge on any atom is 0.246 e. The van der Waals surface area contributed by atoms with Crippen molar-refractivity contribution in [2.45, 2.75) is 71.8 Å². The van der Waals surface area contributed by atoms with Crippen molar-refractivity contribution in [2.75, 3.05) is 13.6 Å². The predicted octanol–water partition coefficient (Wildman–Crippen LogP) is 2.21. The molecule has 9 heteroatoms. The number of carbonyl (C=O) groups is 4. The van der Waals surface area contributed by atoms with Crippen molar-refractivity contribution in [3.63, 3.8) is 0 Å². The molecule has 4 atom stereocenters. The Morgan fingerprint density at radius 1 is 1.00 bits per heavy atom. The highest BCUT2D eigenvalue weighted by atomic mass is 16.2. The highest BCUT2D eigenvalue weighted by Crippen LogP contribution is 2.27. The molecule has 39 heavy (non-hydrogen) atoms. The Hall–Kier alpha value is -3.72. The highest BCUT2D eigenvalue weighted by molar-refractivity contribution is 5.94. The molecule has 1 aliphatic rings. The van der Waals surface area contributed by atoms with Gasteiger partial charge in [0, 0.05) is 26.1 Å². The maximum absolute atomic E-state index is 13.9. The minimum absolute atomic E-state index is 0.182. The molecular weight excluding hydrogens is 494 g/mol. The maximum atomic E-state index is 13.9. The van der Waals surface area contributed by atoms with E-state index >= 15 is 0 Å². The van der Waals surface area contributed by atoms with Gasteiger partial charge in [-0.25, -0.2) is 0 Å². The number of likely N-dealkylation sites (tertiary alicyclic amines) is 1. The summed E-state index contributed by atoms with van der Waals surface area (Å²) in [7, 11) is 1.67. The van der Waals surface area contributed by atoms with E-state index in [-0.39, 0.29) is 49.2 Å². The average molecular weight is 536 g/mol. The monoisotopic (exact) mass is 535 g/mol. The molecule has 4 amide bonds. The molecule has 1 heterocycles. The Morgan fingerprint density at radius 3 is 2.26 bits per heavy atom. The molecule has 2 aromatic rings. The molecule has 4 N–H and O–H groups in total. The Bertz CT molecular complexity index is 1180. The number of nitrogens with zero attached hydrogens (tertiary/aromatic N) is 1. The van der Waals surface area contributed by atoms with Crippen molar-refractivity contribution in [3.05, 3.63) is 60.2 Å². The number of carbonyl (C=O) groups excluding carboxylic acids is 4. The average Bonchev–Trinajstić information content (AvgIpc) is 3.32.